The SMILES string of the molecule is COc1ccc(CC(N)C2CCCOC2)cc1. The van der Waals surface area contributed by atoms with Crippen LogP contribution in [-0.4, -0.2) is 26.4 Å². The smallest absolute Gasteiger partial charge is 0.118 e. The van der Waals surface area contributed by atoms with Gasteiger partial charge in [-0.1, -0.05) is 12.1 Å². The molecule has 3 heteroatoms. The molecule has 1 fully saturated rings. The lowest BCUT2D eigenvalue weighted by Gasteiger charge is -2.27. The summed E-state index contributed by atoms with van der Waals surface area (Å²) in [7, 11) is 1.68. The predicted octanol–water partition coefficient (Wildman–Crippen LogP) is 1.99. The second-order valence-electron chi connectivity index (χ2n) is 4.69. The van der Waals surface area contributed by atoms with E-state index in [2.05, 4.69) is 12.1 Å². The fraction of sp³-hybridized carbons (Fsp3) is 0.571. The molecule has 17 heavy (non-hydrogen) atoms. The van der Waals surface area contributed by atoms with Crippen molar-refractivity contribution in [3.63, 3.8) is 0 Å². The number of nitrogens with two attached hydrogens (primary N) is 1. The summed E-state index contributed by atoms with van der Waals surface area (Å²) in [5, 5.41) is 0. The van der Waals surface area contributed by atoms with Gasteiger partial charge in [-0.05, 0) is 42.9 Å². The molecule has 0 amide bonds. The largest absolute Gasteiger partial charge is 0.497 e. The maximum atomic E-state index is 6.24. The van der Waals surface area contributed by atoms with Crippen LogP contribution in [0.2, 0.25) is 0 Å². The molecule has 0 bridgehead atoms. The third kappa shape index (κ3) is 3.45. The second kappa shape index (κ2) is 6.03. The Kier molecular flexibility index (Phi) is 4.40. The Hall–Kier alpha value is -1.06. The van der Waals surface area contributed by atoms with Crippen LogP contribution in [0, 0.1) is 5.92 Å². The highest BCUT2D eigenvalue weighted by Crippen LogP contribution is 2.20. The Morgan fingerprint density at radius 3 is 2.76 bits per heavy atom. The summed E-state index contributed by atoms with van der Waals surface area (Å²) in [5.74, 6) is 1.40. The number of rotatable bonds is 4. The van der Waals surface area contributed by atoms with Crippen LogP contribution in [-0.2, 0) is 11.2 Å². The van der Waals surface area contributed by atoms with Crippen molar-refractivity contribution in [3.8, 4) is 5.75 Å². The van der Waals surface area contributed by atoms with Gasteiger partial charge in [0, 0.05) is 12.6 Å². The number of benzene rings is 1. The summed E-state index contributed by atoms with van der Waals surface area (Å²) < 4.78 is 10.6. The molecule has 0 aliphatic carbocycles. The highest BCUT2D eigenvalue weighted by atomic mass is 16.5. The van der Waals surface area contributed by atoms with E-state index in [1.54, 1.807) is 7.11 Å². The Balaban J connectivity index is 1.89. The molecule has 2 rings (SSSR count). The molecule has 94 valence electrons. The molecule has 1 aromatic carbocycles. The van der Waals surface area contributed by atoms with Crippen molar-refractivity contribution in [1.82, 2.24) is 0 Å². The zero-order valence-corrected chi connectivity index (χ0v) is 10.4. The van der Waals surface area contributed by atoms with Crippen molar-refractivity contribution >= 4 is 0 Å². The lowest BCUT2D eigenvalue weighted by molar-refractivity contribution is 0.0450. The van der Waals surface area contributed by atoms with Crippen molar-refractivity contribution < 1.29 is 9.47 Å². The van der Waals surface area contributed by atoms with Crippen molar-refractivity contribution in [1.29, 1.82) is 0 Å². The van der Waals surface area contributed by atoms with E-state index in [4.69, 9.17) is 15.2 Å². The molecule has 0 aromatic heterocycles. The molecule has 1 aromatic rings. The average molecular weight is 235 g/mol. The van der Waals surface area contributed by atoms with Gasteiger partial charge >= 0.3 is 0 Å². The van der Waals surface area contributed by atoms with E-state index in [1.807, 2.05) is 12.1 Å². The first-order chi connectivity index (χ1) is 8.29. The molecule has 1 saturated heterocycles. The summed E-state index contributed by atoms with van der Waals surface area (Å²) in [4.78, 5) is 0. The Morgan fingerprint density at radius 2 is 2.18 bits per heavy atom. The molecule has 0 saturated carbocycles. The molecule has 3 nitrogen and oxygen atoms in total. The van der Waals surface area contributed by atoms with Crippen molar-refractivity contribution in [2.24, 2.45) is 11.7 Å². The van der Waals surface area contributed by atoms with Gasteiger partial charge in [0.25, 0.3) is 0 Å². The third-order valence-corrected chi connectivity index (χ3v) is 3.43. The molecular formula is C14H21NO2. The number of hydrogen-bond donors (Lipinski definition) is 1. The van der Waals surface area contributed by atoms with Gasteiger partial charge < -0.3 is 15.2 Å². The minimum Gasteiger partial charge on any atom is -0.497 e. The minimum atomic E-state index is 0.198. The summed E-state index contributed by atoms with van der Waals surface area (Å²) in [6.07, 6.45) is 3.25. The van der Waals surface area contributed by atoms with Gasteiger partial charge in [-0.25, -0.2) is 0 Å². The van der Waals surface area contributed by atoms with Gasteiger partial charge in [0.2, 0.25) is 0 Å². The second-order valence-corrected chi connectivity index (χ2v) is 4.69. The number of ether oxygens (including phenoxy) is 2. The highest BCUT2D eigenvalue weighted by Gasteiger charge is 2.21. The first kappa shape index (κ1) is 12.4. The molecule has 2 unspecified atom stereocenters. The van der Waals surface area contributed by atoms with Crippen LogP contribution < -0.4 is 10.5 Å². The summed E-state index contributed by atoms with van der Waals surface area (Å²) >= 11 is 0. The standard InChI is InChI=1S/C14H21NO2/c1-16-13-6-4-11(5-7-13)9-14(15)12-3-2-8-17-10-12/h4-7,12,14H,2-3,8-10,15H2,1H3. The monoisotopic (exact) mass is 235 g/mol. The van der Waals surface area contributed by atoms with Gasteiger partial charge in [-0.15, -0.1) is 0 Å². The first-order valence-corrected chi connectivity index (χ1v) is 6.26. The molecule has 2 atom stereocenters. The van der Waals surface area contributed by atoms with Crippen LogP contribution in [0.25, 0.3) is 0 Å². The molecule has 0 radical (unpaired) electrons. The van der Waals surface area contributed by atoms with E-state index < -0.39 is 0 Å². The van der Waals surface area contributed by atoms with E-state index >= 15 is 0 Å². The van der Waals surface area contributed by atoms with Gasteiger partial charge in [-0.3, -0.25) is 0 Å². The first-order valence-electron chi connectivity index (χ1n) is 6.26. The molecule has 0 spiro atoms. The predicted molar refractivity (Wildman–Crippen MR) is 68.2 cm³/mol. The molecular weight excluding hydrogens is 214 g/mol. The van der Waals surface area contributed by atoms with Crippen LogP contribution in [0.5, 0.6) is 5.75 Å². The summed E-state index contributed by atoms with van der Waals surface area (Å²) in [6, 6.07) is 8.34. The van der Waals surface area contributed by atoms with Gasteiger partial charge in [0.15, 0.2) is 0 Å². The van der Waals surface area contributed by atoms with E-state index in [9.17, 15) is 0 Å². The zero-order valence-electron chi connectivity index (χ0n) is 10.4. The van der Waals surface area contributed by atoms with Crippen LogP contribution in [0.15, 0.2) is 24.3 Å². The van der Waals surface area contributed by atoms with Crippen LogP contribution in [0.3, 0.4) is 0 Å². The molecule has 2 N–H and O–H groups in total. The molecule has 1 heterocycles. The van der Waals surface area contributed by atoms with E-state index in [0.29, 0.717) is 5.92 Å². The van der Waals surface area contributed by atoms with E-state index in [-0.39, 0.29) is 6.04 Å². The molecule has 1 aliphatic rings. The normalized spacial score (nSPS) is 22.1. The van der Waals surface area contributed by atoms with E-state index in [0.717, 1.165) is 31.8 Å². The number of methoxy groups -OCH3 is 1. The molecule has 1 aliphatic heterocycles. The van der Waals surface area contributed by atoms with Crippen LogP contribution in [0.4, 0.5) is 0 Å². The van der Waals surface area contributed by atoms with Crippen molar-refractivity contribution in [2.45, 2.75) is 25.3 Å². The highest BCUT2D eigenvalue weighted by molar-refractivity contribution is 5.27. The number of hydrogen-bond acceptors (Lipinski definition) is 3. The van der Waals surface area contributed by atoms with Crippen LogP contribution >= 0.6 is 0 Å². The zero-order chi connectivity index (χ0) is 12.1. The van der Waals surface area contributed by atoms with Crippen molar-refractivity contribution in [2.75, 3.05) is 20.3 Å². The fourth-order valence-electron chi connectivity index (χ4n) is 2.30. The maximum Gasteiger partial charge on any atom is 0.118 e. The summed E-state index contributed by atoms with van der Waals surface area (Å²) in [5.41, 5.74) is 7.51. The minimum absolute atomic E-state index is 0.198. The van der Waals surface area contributed by atoms with Gasteiger partial charge in [0.1, 0.15) is 5.75 Å². The van der Waals surface area contributed by atoms with Crippen LogP contribution in [0.1, 0.15) is 18.4 Å². The van der Waals surface area contributed by atoms with Gasteiger partial charge in [0.05, 0.1) is 13.7 Å². The Morgan fingerprint density at radius 1 is 1.41 bits per heavy atom. The Bertz CT molecular complexity index is 331. The lowest BCUT2D eigenvalue weighted by atomic mass is 9.90. The fourth-order valence-corrected chi connectivity index (χ4v) is 2.30. The van der Waals surface area contributed by atoms with Gasteiger partial charge in [-0.2, -0.15) is 0 Å². The quantitative estimate of drug-likeness (QED) is 0.868. The lowest BCUT2D eigenvalue weighted by Crippen LogP contribution is -2.37. The van der Waals surface area contributed by atoms with E-state index in [1.165, 1.54) is 12.0 Å². The topological polar surface area (TPSA) is 44.5 Å². The van der Waals surface area contributed by atoms with Crippen molar-refractivity contribution in [3.05, 3.63) is 29.8 Å². The maximum absolute atomic E-state index is 6.24. The summed E-state index contributed by atoms with van der Waals surface area (Å²) in [6.45, 7) is 1.71. The third-order valence-electron chi connectivity index (χ3n) is 3.43. The average Bonchev–Trinajstić information content (AvgIpc) is 2.40. The Labute approximate surface area is 103 Å².